The molecule has 3 atom stereocenters. The number of fused-ring (bicyclic) bond motifs is 1. The Morgan fingerprint density at radius 3 is 2.63 bits per heavy atom. The Morgan fingerprint density at radius 1 is 1.26 bits per heavy atom. The lowest BCUT2D eigenvalue weighted by atomic mass is 9.69. The van der Waals surface area contributed by atoms with Crippen LogP contribution in [0.15, 0.2) is 34.8 Å². The summed E-state index contributed by atoms with van der Waals surface area (Å²) in [5, 5.41) is 6.43. The summed E-state index contributed by atoms with van der Waals surface area (Å²) < 4.78 is 20.3. The lowest BCUT2D eigenvalue weighted by Gasteiger charge is -2.33. The summed E-state index contributed by atoms with van der Waals surface area (Å²) in [6.45, 7) is 12.8. The Hall–Kier alpha value is -2.60. The van der Waals surface area contributed by atoms with E-state index in [1.165, 1.54) is 6.07 Å². The summed E-state index contributed by atoms with van der Waals surface area (Å²) in [6.07, 6.45) is 3.08. The first-order valence-corrected chi connectivity index (χ1v) is 12.6. The summed E-state index contributed by atoms with van der Waals surface area (Å²) >= 11 is 5.88. The number of allylic oxidation sites excluding steroid dienone is 1. The van der Waals surface area contributed by atoms with E-state index in [9.17, 15) is 14.0 Å². The molecule has 35 heavy (non-hydrogen) atoms. The summed E-state index contributed by atoms with van der Waals surface area (Å²) in [4.78, 5) is 26.1. The molecule has 7 heteroatoms. The topological polar surface area (TPSA) is 71.3 Å². The van der Waals surface area contributed by atoms with Crippen LogP contribution in [0.5, 0.6) is 0 Å². The third kappa shape index (κ3) is 4.90. The van der Waals surface area contributed by atoms with E-state index in [1.54, 1.807) is 18.2 Å². The molecule has 1 aromatic heterocycles. The molecule has 0 saturated carbocycles. The molecule has 188 valence electrons. The van der Waals surface area contributed by atoms with Crippen molar-refractivity contribution in [3.05, 3.63) is 58.3 Å². The zero-order valence-corrected chi connectivity index (χ0v) is 22.0. The molecule has 2 N–H and O–H groups in total. The Bertz CT molecular complexity index is 1190. The Kier molecular flexibility index (Phi) is 6.64. The normalized spacial score (nSPS) is 24.1. The van der Waals surface area contributed by atoms with Crippen molar-refractivity contribution in [1.29, 1.82) is 0 Å². The van der Waals surface area contributed by atoms with Crippen LogP contribution in [0.1, 0.15) is 82.3 Å². The summed E-state index contributed by atoms with van der Waals surface area (Å²) in [6, 6.07) is 6.20. The largest absolute Gasteiger partial charge is 0.451 e. The molecule has 1 aromatic carbocycles. The number of halogens is 2. The summed E-state index contributed by atoms with van der Waals surface area (Å²) in [7, 11) is 0. The molecule has 3 heterocycles. The van der Waals surface area contributed by atoms with Gasteiger partial charge >= 0.3 is 0 Å². The average molecular weight is 501 g/mol. The molecule has 1 saturated heterocycles. The van der Waals surface area contributed by atoms with Crippen LogP contribution in [-0.2, 0) is 4.79 Å². The average Bonchev–Trinajstić information content (AvgIpc) is 3.18. The molecule has 3 unspecified atom stereocenters. The van der Waals surface area contributed by atoms with Gasteiger partial charge in [-0.1, -0.05) is 65.3 Å². The summed E-state index contributed by atoms with van der Waals surface area (Å²) in [5.74, 6) is 0.388. The van der Waals surface area contributed by atoms with E-state index in [0.717, 1.165) is 17.6 Å². The molecule has 0 radical (unpaired) electrons. The van der Waals surface area contributed by atoms with Gasteiger partial charge in [-0.05, 0) is 41.4 Å². The number of carbonyl (C=O) groups excluding carboxylic acids is 2. The maximum Gasteiger partial charge on any atom is 0.225 e. The minimum absolute atomic E-state index is 0.0175. The smallest absolute Gasteiger partial charge is 0.225 e. The second-order valence-corrected chi connectivity index (χ2v) is 11.9. The molecule has 1 fully saturated rings. The van der Waals surface area contributed by atoms with Crippen LogP contribution in [0.4, 0.5) is 10.1 Å². The maximum atomic E-state index is 14.2. The zero-order chi connectivity index (χ0) is 25.7. The first kappa shape index (κ1) is 25.5. The van der Waals surface area contributed by atoms with Crippen molar-refractivity contribution >= 4 is 34.6 Å². The number of anilines is 1. The monoisotopic (exact) mass is 500 g/mol. The highest BCUT2D eigenvalue weighted by molar-refractivity contribution is 6.30. The predicted molar refractivity (Wildman–Crippen MR) is 137 cm³/mol. The Labute approximate surface area is 211 Å². The number of Topliss-reactive ketones (excluding diaryl/α,β-unsaturated/α-hetero) is 1. The van der Waals surface area contributed by atoms with Crippen LogP contribution >= 0.6 is 11.6 Å². The molecule has 4 rings (SSSR count). The number of hydrogen-bond acceptors (Lipinski definition) is 4. The molecule has 2 aliphatic rings. The fraction of sp³-hybridized carbons (Fsp3) is 0.500. The Balaban J connectivity index is 1.66. The number of benzene rings is 1. The Morgan fingerprint density at radius 2 is 1.97 bits per heavy atom. The van der Waals surface area contributed by atoms with Crippen LogP contribution in [0.2, 0.25) is 5.02 Å². The van der Waals surface area contributed by atoms with E-state index in [2.05, 4.69) is 38.3 Å². The van der Waals surface area contributed by atoms with Gasteiger partial charge in [-0.15, -0.1) is 0 Å². The van der Waals surface area contributed by atoms with E-state index >= 15 is 0 Å². The van der Waals surface area contributed by atoms with Crippen molar-refractivity contribution in [3.63, 3.8) is 0 Å². The predicted octanol–water partition coefficient (Wildman–Crippen LogP) is 7.04. The number of carbonyl (C=O) groups is 2. The molecule has 0 aliphatic carbocycles. The molecule has 2 aliphatic heterocycles. The third-order valence-electron chi connectivity index (χ3n) is 7.50. The van der Waals surface area contributed by atoms with E-state index in [4.69, 9.17) is 16.0 Å². The molecular formula is C28H34ClFN2O3. The first-order valence-electron chi connectivity index (χ1n) is 12.2. The quantitative estimate of drug-likeness (QED) is 0.441. The molecule has 0 bridgehead atoms. The van der Waals surface area contributed by atoms with Gasteiger partial charge in [0.1, 0.15) is 5.82 Å². The van der Waals surface area contributed by atoms with Crippen molar-refractivity contribution in [2.75, 3.05) is 11.9 Å². The van der Waals surface area contributed by atoms with Crippen molar-refractivity contribution in [3.8, 4) is 0 Å². The van der Waals surface area contributed by atoms with Gasteiger partial charge < -0.3 is 15.1 Å². The summed E-state index contributed by atoms with van der Waals surface area (Å²) in [5.41, 5.74) is 1.44. The number of furan rings is 1. The lowest BCUT2D eigenvalue weighted by molar-refractivity contribution is -0.131. The van der Waals surface area contributed by atoms with Gasteiger partial charge in [0.05, 0.1) is 16.8 Å². The van der Waals surface area contributed by atoms with Gasteiger partial charge in [-0.2, -0.15) is 0 Å². The number of rotatable bonds is 4. The maximum absolute atomic E-state index is 14.2. The van der Waals surface area contributed by atoms with Gasteiger partial charge in [0, 0.05) is 30.0 Å². The van der Waals surface area contributed by atoms with Gasteiger partial charge in [0.2, 0.25) is 5.91 Å². The van der Waals surface area contributed by atoms with E-state index in [0.29, 0.717) is 18.0 Å². The number of amides is 1. The molecule has 5 nitrogen and oxygen atoms in total. The molecule has 0 spiro atoms. The van der Waals surface area contributed by atoms with E-state index < -0.39 is 11.2 Å². The third-order valence-corrected chi connectivity index (χ3v) is 7.80. The standard InChI is InChI=1S/C28H34ClFN2O3/c1-15-9-10-31-26(34)28(5,6)17(15)13-23(33)24-14-22-25(35-24)18(27(2,3)4)12-21(32-22)16-7-8-19(29)20(30)11-16/h7-8,11-12,14-15,17,21,32H,9-10,13H2,1-6H3,(H,31,34). The minimum Gasteiger partial charge on any atom is -0.451 e. The number of nitrogens with one attached hydrogen (secondary N) is 2. The van der Waals surface area contributed by atoms with Crippen LogP contribution in [0, 0.1) is 28.5 Å². The number of hydrogen-bond donors (Lipinski definition) is 2. The van der Waals surface area contributed by atoms with Crippen LogP contribution < -0.4 is 10.6 Å². The van der Waals surface area contributed by atoms with Crippen molar-refractivity contribution in [2.24, 2.45) is 22.7 Å². The highest BCUT2D eigenvalue weighted by atomic mass is 35.5. The SMILES string of the molecule is CC1CCNC(=O)C(C)(C)C1CC(=O)c1cc2c(o1)C(C(C)(C)C)=CC(c1ccc(Cl)c(F)c1)N2. The van der Waals surface area contributed by atoms with Crippen molar-refractivity contribution < 1.29 is 18.4 Å². The van der Waals surface area contributed by atoms with Gasteiger partial charge in [0.25, 0.3) is 0 Å². The molecule has 1 amide bonds. The highest BCUT2D eigenvalue weighted by Gasteiger charge is 2.43. The van der Waals surface area contributed by atoms with Gasteiger partial charge in [-0.25, -0.2) is 4.39 Å². The van der Waals surface area contributed by atoms with Gasteiger partial charge in [-0.3, -0.25) is 9.59 Å². The molecular weight excluding hydrogens is 467 g/mol. The highest BCUT2D eigenvalue weighted by Crippen LogP contribution is 2.46. The lowest BCUT2D eigenvalue weighted by Crippen LogP contribution is -2.41. The molecule has 2 aromatic rings. The van der Waals surface area contributed by atoms with Gasteiger partial charge in [0.15, 0.2) is 17.3 Å². The van der Waals surface area contributed by atoms with Crippen molar-refractivity contribution in [2.45, 2.75) is 60.4 Å². The second-order valence-electron chi connectivity index (χ2n) is 11.5. The minimum atomic E-state index is -0.656. The van der Waals surface area contributed by atoms with Crippen molar-refractivity contribution in [1.82, 2.24) is 5.32 Å². The van der Waals surface area contributed by atoms with Crippen LogP contribution in [0.3, 0.4) is 0 Å². The fourth-order valence-corrected chi connectivity index (χ4v) is 5.36. The zero-order valence-electron chi connectivity index (χ0n) is 21.2. The van der Waals surface area contributed by atoms with Crippen LogP contribution in [0.25, 0.3) is 5.57 Å². The van der Waals surface area contributed by atoms with Crippen LogP contribution in [-0.4, -0.2) is 18.2 Å². The van der Waals surface area contributed by atoms with E-state index in [-0.39, 0.29) is 52.2 Å². The van der Waals surface area contributed by atoms with E-state index in [1.807, 2.05) is 19.9 Å². The second kappa shape index (κ2) is 9.12. The first-order chi connectivity index (χ1) is 16.3. The fourth-order valence-electron chi connectivity index (χ4n) is 5.24. The number of ketones is 1.